The molecule has 1 amide bonds. The van der Waals surface area contributed by atoms with Crippen LogP contribution in [0.3, 0.4) is 0 Å². The van der Waals surface area contributed by atoms with E-state index in [4.69, 9.17) is 9.72 Å². The molecule has 0 saturated carbocycles. The number of ether oxygens (including phenoxy) is 1. The number of carbonyl (C=O) groups is 1. The molecule has 9 nitrogen and oxygen atoms in total. The summed E-state index contributed by atoms with van der Waals surface area (Å²) in [6.45, 7) is 11.3. The van der Waals surface area contributed by atoms with Crippen molar-refractivity contribution in [2.24, 2.45) is 5.92 Å². The Morgan fingerprint density at radius 2 is 1.91 bits per heavy atom. The number of pyridine rings is 2. The smallest absolute Gasteiger partial charge is 0.249 e. The Kier molecular flexibility index (Phi) is 9.40. The zero-order chi connectivity index (χ0) is 38.8. The summed E-state index contributed by atoms with van der Waals surface area (Å²) in [5, 5.41) is 26.8. The van der Waals surface area contributed by atoms with E-state index < -0.39 is 17.2 Å². The highest BCUT2D eigenvalue weighted by Crippen LogP contribution is 2.46. The van der Waals surface area contributed by atoms with Crippen LogP contribution in [0.4, 0.5) is 8.78 Å². The van der Waals surface area contributed by atoms with Gasteiger partial charge in [0.15, 0.2) is 5.82 Å². The van der Waals surface area contributed by atoms with Gasteiger partial charge < -0.3 is 24.6 Å². The van der Waals surface area contributed by atoms with Crippen molar-refractivity contribution >= 4 is 38.5 Å². The summed E-state index contributed by atoms with van der Waals surface area (Å²) in [5.74, 6) is -0.917. The number of fused-ring (bicyclic) bond motifs is 4. The van der Waals surface area contributed by atoms with Gasteiger partial charge in [-0.2, -0.15) is 5.26 Å². The summed E-state index contributed by atoms with van der Waals surface area (Å²) in [6, 6.07) is 19.5. The quantitative estimate of drug-likeness (QED) is 0.162. The second-order valence-corrected chi connectivity index (χ2v) is 15.6. The van der Waals surface area contributed by atoms with Gasteiger partial charge in [-0.1, -0.05) is 31.2 Å². The minimum absolute atomic E-state index is 0.00558. The van der Waals surface area contributed by atoms with Crippen LogP contribution in [0.15, 0.2) is 66.9 Å². The predicted molar refractivity (Wildman–Crippen MR) is 209 cm³/mol. The number of hydrogen-bond acceptors (Lipinski definition) is 7. The number of aryl methyl sites for hydroxylation is 1. The molecule has 0 aliphatic carbocycles. The van der Waals surface area contributed by atoms with Crippen molar-refractivity contribution in [2.75, 3.05) is 26.3 Å². The highest BCUT2D eigenvalue weighted by Gasteiger charge is 2.38. The summed E-state index contributed by atoms with van der Waals surface area (Å²) in [4.78, 5) is 24.9. The molecular formula is C44H44F2N6O3. The second-order valence-electron chi connectivity index (χ2n) is 15.6. The monoisotopic (exact) mass is 742 g/mol. The van der Waals surface area contributed by atoms with Crippen molar-refractivity contribution < 1.29 is 23.4 Å². The fourth-order valence-electron chi connectivity index (χ4n) is 8.74. The van der Waals surface area contributed by atoms with Gasteiger partial charge in [-0.25, -0.2) is 13.8 Å². The van der Waals surface area contributed by atoms with E-state index in [9.17, 15) is 19.6 Å². The maximum atomic E-state index is 17.9. The Balaban J connectivity index is 1.51. The second kappa shape index (κ2) is 14.1. The molecule has 2 aliphatic rings. The van der Waals surface area contributed by atoms with Crippen LogP contribution < -0.4 is 5.32 Å². The van der Waals surface area contributed by atoms with Gasteiger partial charge >= 0.3 is 0 Å². The topological polar surface area (TPSA) is 116 Å². The van der Waals surface area contributed by atoms with Gasteiger partial charge in [0.25, 0.3) is 0 Å². The number of halogens is 2. The van der Waals surface area contributed by atoms with E-state index in [1.165, 1.54) is 12.1 Å². The minimum Gasteiger partial charge on any atom is -0.384 e. The molecule has 0 bridgehead atoms. The van der Waals surface area contributed by atoms with Gasteiger partial charge in [-0.05, 0) is 98.3 Å². The number of aliphatic hydroxyl groups is 1. The van der Waals surface area contributed by atoms with E-state index in [2.05, 4.69) is 40.9 Å². The first-order chi connectivity index (χ1) is 26.4. The molecule has 55 heavy (non-hydrogen) atoms. The summed E-state index contributed by atoms with van der Waals surface area (Å²) in [6.07, 6.45) is 2.07. The van der Waals surface area contributed by atoms with Gasteiger partial charge in [0, 0.05) is 59.3 Å². The zero-order valence-electron chi connectivity index (χ0n) is 31.7. The largest absolute Gasteiger partial charge is 0.384 e. The van der Waals surface area contributed by atoms with Gasteiger partial charge in [0.2, 0.25) is 5.91 Å². The first-order valence-corrected chi connectivity index (χ1v) is 18.9. The number of amides is 1. The number of hydrogen-bond donors (Lipinski definition) is 2. The molecule has 2 N–H and O–H groups in total. The third kappa shape index (κ3) is 6.32. The van der Waals surface area contributed by atoms with Crippen molar-refractivity contribution in [2.45, 2.75) is 71.2 Å². The van der Waals surface area contributed by atoms with E-state index in [-0.39, 0.29) is 60.5 Å². The van der Waals surface area contributed by atoms with Crippen molar-refractivity contribution in [3.63, 3.8) is 0 Å². The Bertz CT molecular complexity index is 2510. The first kappa shape index (κ1) is 36.7. The molecule has 8 rings (SSSR count). The van der Waals surface area contributed by atoms with Crippen molar-refractivity contribution in [3.8, 4) is 28.5 Å². The third-order valence-corrected chi connectivity index (χ3v) is 11.5. The molecule has 4 atom stereocenters. The van der Waals surface area contributed by atoms with Crippen LogP contribution in [0.1, 0.15) is 70.1 Å². The highest BCUT2D eigenvalue weighted by atomic mass is 19.1. The number of benzene rings is 3. The van der Waals surface area contributed by atoms with Gasteiger partial charge in [0.1, 0.15) is 23.5 Å². The molecular weight excluding hydrogens is 699 g/mol. The average molecular weight is 743 g/mol. The Morgan fingerprint density at radius 1 is 1.09 bits per heavy atom. The molecule has 11 heteroatoms. The fraction of sp³-hybridized carbons (Fsp3) is 0.364. The first-order valence-electron chi connectivity index (χ1n) is 18.9. The van der Waals surface area contributed by atoms with E-state index in [1.807, 2.05) is 36.1 Å². The number of aromatic nitrogens is 3. The van der Waals surface area contributed by atoms with Crippen LogP contribution in [0.2, 0.25) is 0 Å². The predicted octanol–water partition coefficient (Wildman–Crippen LogP) is 8.12. The summed E-state index contributed by atoms with van der Waals surface area (Å²) >= 11 is 0. The third-order valence-electron chi connectivity index (χ3n) is 11.5. The molecule has 0 unspecified atom stereocenters. The van der Waals surface area contributed by atoms with Gasteiger partial charge in [0.05, 0.1) is 41.7 Å². The Morgan fingerprint density at radius 3 is 2.60 bits per heavy atom. The summed E-state index contributed by atoms with van der Waals surface area (Å²) in [5.41, 5.74) is 3.64. The van der Waals surface area contributed by atoms with Crippen LogP contribution >= 0.6 is 0 Å². The van der Waals surface area contributed by atoms with Crippen molar-refractivity contribution in [1.29, 1.82) is 5.26 Å². The van der Waals surface area contributed by atoms with Crippen molar-refractivity contribution in [1.82, 2.24) is 24.8 Å². The maximum Gasteiger partial charge on any atom is 0.249 e. The highest BCUT2D eigenvalue weighted by molar-refractivity contribution is 6.12. The molecule has 2 aliphatic heterocycles. The number of rotatable bonds is 8. The SMILES string of the molecule is C[C@@H]1CN[C@H](C)[C@H]1n1c([C@@H](C)N2CCOCC2=O)cc2c(-c3ccc(C(C)(C)O)nc3)nc3c(F)c(-c4cccc5ccc(F)cc45)c(CCC#N)cc3c21. The van der Waals surface area contributed by atoms with Crippen LogP contribution in [0.5, 0.6) is 0 Å². The van der Waals surface area contributed by atoms with E-state index in [0.717, 1.165) is 28.5 Å². The molecule has 0 spiro atoms. The lowest BCUT2D eigenvalue weighted by Gasteiger charge is -2.35. The maximum absolute atomic E-state index is 17.9. The lowest BCUT2D eigenvalue weighted by molar-refractivity contribution is -0.145. The molecule has 2 fully saturated rings. The standard InChI is InChI=1S/C44H44F2N6O3/c1-24-21-48-25(2)42(24)52-35(26(3)51-16-17-55-23-37(51)53)20-34-40(29-12-14-36(49-22-29)44(4,5)54)50-41-33(43(34)52)18-28(9-7-15-47)38(39(41)46)31-10-6-8-27-11-13-30(45)19-32(27)31/h6,8,10-14,18-20,22,24-26,42,48,54H,7,9,16-17,21,23H2,1-5H3/t24-,25-,26-,42+/m1/s1. The number of nitrogens with zero attached hydrogens (tertiary/aromatic N) is 5. The molecule has 282 valence electrons. The molecule has 3 aromatic carbocycles. The lowest BCUT2D eigenvalue weighted by atomic mass is 9.90. The zero-order valence-corrected chi connectivity index (χ0v) is 31.7. The number of nitrogens with one attached hydrogen (secondary N) is 1. The molecule has 0 radical (unpaired) electrons. The number of carbonyl (C=O) groups excluding carboxylic acids is 1. The summed E-state index contributed by atoms with van der Waals surface area (Å²) in [7, 11) is 0. The van der Waals surface area contributed by atoms with Crippen LogP contribution in [0, 0.1) is 28.9 Å². The van der Waals surface area contributed by atoms with Crippen LogP contribution in [-0.2, 0) is 21.6 Å². The van der Waals surface area contributed by atoms with Crippen LogP contribution in [-0.4, -0.2) is 62.8 Å². The molecule has 6 aromatic rings. The Hall–Kier alpha value is -5.28. The molecule has 3 aromatic heterocycles. The van der Waals surface area contributed by atoms with Gasteiger partial charge in [-0.3, -0.25) is 9.78 Å². The fourth-order valence-corrected chi connectivity index (χ4v) is 8.74. The van der Waals surface area contributed by atoms with Gasteiger partial charge in [-0.15, -0.1) is 0 Å². The minimum atomic E-state index is -1.18. The molecule has 2 saturated heterocycles. The summed E-state index contributed by atoms with van der Waals surface area (Å²) < 4.78 is 40.5. The van der Waals surface area contributed by atoms with Crippen molar-refractivity contribution in [3.05, 3.63) is 95.4 Å². The lowest BCUT2D eigenvalue weighted by Crippen LogP contribution is -2.43. The average Bonchev–Trinajstić information content (AvgIpc) is 3.72. The Labute approximate surface area is 318 Å². The molecule has 5 heterocycles. The van der Waals surface area contributed by atoms with E-state index in [1.54, 1.807) is 38.2 Å². The van der Waals surface area contributed by atoms with Crippen LogP contribution in [0.25, 0.3) is 55.0 Å². The normalized spacial score (nSPS) is 19.8. The number of nitriles is 1. The van der Waals surface area contributed by atoms with E-state index >= 15 is 4.39 Å². The van der Waals surface area contributed by atoms with E-state index in [0.29, 0.717) is 52.0 Å². The number of morpholine rings is 1.